The first kappa shape index (κ1) is 11.9. The van der Waals surface area contributed by atoms with Gasteiger partial charge in [-0.15, -0.1) is 0 Å². The molecule has 12 heavy (non-hydrogen) atoms. The van der Waals surface area contributed by atoms with Crippen LogP contribution in [0.1, 0.15) is 40.0 Å². The number of hydrogen-bond donors (Lipinski definition) is 2. The molecule has 0 rings (SSSR count). The summed E-state index contributed by atoms with van der Waals surface area (Å²) in [6.45, 7) is 8.03. The summed E-state index contributed by atoms with van der Waals surface area (Å²) in [5, 5.41) is 12.2. The van der Waals surface area contributed by atoms with Crippen molar-refractivity contribution in [2.45, 2.75) is 46.1 Å². The number of rotatable bonds is 7. The molecule has 0 aliphatic heterocycles. The number of hydrogen-bond acceptors (Lipinski definition) is 2. The number of aliphatic hydroxyl groups is 1. The van der Waals surface area contributed by atoms with Gasteiger partial charge in [0, 0.05) is 6.54 Å². The summed E-state index contributed by atoms with van der Waals surface area (Å²) in [4.78, 5) is 0. The van der Waals surface area contributed by atoms with E-state index in [2.05, 4.69) is 19.2 Å². The van der Waals surface area contributed by atoms with Crippen LogP contribution in [0.25, 0.3) is 0 Å². The van der Waals surface area contributed by atoms with E-state index in [9.17, 15) is 0 Å². The van der Waals surface area contributed by atoms with Crippen molar-refractivity contribution in [3.8, 4) is 0 Å². The summed E-state index contributed by atoms with van der Waals surface area (Å²) in [6, 6.07) is 0. The minimum Gasteiger partial charge on any atom is -0.392 e. The van der Waals surface area contributed by atoms with Crippen molar-refractivity contribution in [3.63, 3.8) is 0 Å². The largest absolute Gasteiger partial charge is 0.392 e. The highest BCUT2D eigenvalue weighted by atomic mass is 16.3. The van der Waals surface area contributed by atoms with Crippen molar-refractivity contribution in [2.75, 3.05) is 13.1 Å². The van der Waals surface area contributed by atoms with Gasteiger partial charge in [-0.2, -0.15) is 0 Å². The molecule has 0 aliphatic rings. The van der Waals surface area contributed by atoms with Crippen molar-refractivity contribution in [2.24, 2.45) is 5.92 Å². The normalized spacial score (nSPS) is 16.0. The average Bonchev–Trinajstić information content (AvgIpc) is 2.00. The Labute approximate surface area is 76.4 Å². The van der Waals surface area contributed by atoms with Crippen LogP contribution in [0.15, 0.2) is 0 Å². The molecular weight excluding hydrogens is 150 g/mol. The van der Waals surface area contributed by atoms with E-state index in [0.29, 0.717) is 0 Å². The Hall–Kier alpha value is -0.0800. The molecule has 0 amide bonds. The fraction of sp³-hybridized carbons (Fsp3) is 1.00. The SMILES string of the molecule is CCCCC(C)CNCC(C)O. The summed E-state index contributed by atoms with van der Waals surface area (Å²) in [6.07, 6.45) is 3.67. The lowest BCUT2D eigenvalue weighted by Gasteiger charge is -2.12. The van der Waals surface area contributed by atoms with Crippen molar-refractivity contribution in [1.82, 2.24) is 5.32 Å². The van der Waals surface area contributed by atoms with Gasteiger partial charge in [-0.3, -0.25) is 0 Å². The van der Waals surface area contributed by atoms with Gasteiger partial charge in [0.1, 0.15) is 0 Å². The Morgan fingerprint density at radius 2 is 1.92 bits per heavy atom. The second kappa shape index (κ2) is 7.56. The Kier molecular flexibility index (Phi) is 7.51. The van der Waals surface area contributed by atoms with Gasteiger partial charge in [0.05, 0.1) is 6.10 Å². The Morgan fingerprint density at radius 3 is 2.42 bits per heavy atom. The fourth-order valence-corrected chi connectivity index (χ4v) is 1.19. The zero-order valence-corrected chi connectivity index (χ0v) is 8.64. The van der Waals surface area contributed by atoms with E-state index in [0.717, 1.165) is 19.0 Å². The summed E-state index contributed by atoms with van der Waals surface area (Å²) in [5.74, 6) is 0.740. The summed E-state index contributed by atoms with van der Waals surface area (Å²) >= 11 is 0. The van der Waals surface area contributed by atoms with Crippen LogP contribution >= 0.6 is 0 Å². The number of nitrogens with one attached hydrogen (secondary N) is 1. The first-order chi connectivity index (χ1) is 5.66. The van der Waals surface area contributed by atoms with E-state index in [1.54, 1.807) is 0 Å². The van der Waals surface area contributed by atoms with Gasteiger partial charge in [-0.05, 0) is 25.8 Å². The van der Waals surface area contributed by atoms with Crippen LogP contribution in [0.3, 0.4) is 0 Å². The van der Waals surface area contributed by atoms with Crippen molar-refractivity contribution >= 4 is 0 Å². The smallest absolute Gasteiger partial charge is 0.0636 e. The molecule has 0 bridgehead atoms. The van der Waals surface area contributed by atoms with Gasteiger partial charge >= 0.3 is 0 Å². The van der Waals surface area contributed by atoms with E-state index in [1.807, 2.05) is 6.92 Å². The minimum atomic E-state index is -0.219. The molecule has 0 aromatic carbocycles. The van der Waals surface area contributed by atoms with E-state index in [4.69, 9.17) is 5.11 Å². The van der Waals surface area contributed by atoms with Crippen LogP contribution in [0.5, 0.6) is 0 Å². The monoisotopic (exact) mass is 173 g/mol. The molecule has 2 N–H and O–H groups in total. The summed E-state index contributed by atoms with van der Waals surface area (Å²) in [5.41, 5.74) is 0. The van der Waals surface area contributed by atoms with Gasteiger partial charge in [0.25, 0.3) is 0 Å². The predicted molar refractivity (Wildman–Crippen MR) is 53.2 cm³/mol. The van der Waals surface area contributed by atoms with Crippen LogP contribution in [0, 0.1) is 5.92 Å². The first-order valence-corrected chi connectivity index (χ1v) is 5.05. The zero-order valence-electron chi connectivity index (χ0n) is 8.64. The molecule has 2 nitrogen and oxygen atoms in total. The molecule has 0 fully saturated rings. The second-order valence-corrected chi connectivity index (χ2v) is 3.75. The third kappa shape index (κ3) is 8.02. The Morgan fingerprint density at radius 1 is 1.25 bits per heavy atom. The highest BCUT2D eigenvalue weighted by Gasteiger charge is 2.01. The van der Waals surface area contributed by atoms with Gasteiger partial charge in [-0.25, -0.2) is 0 Å². The van der Waals surface area contributed by atoms with E-state index >= 15 is 0 Å². The molecule has 0 saturated carbocycles. The lowest BCUT2D eigenvalue weighted by Crippen LogP contribution is -2.28. The van der Waals surface area contributed by atoms with Gasteiger partial charge in [-0.1, -0.05) is 26.7 Å². The molecule has 2 unspecified atom stereocenters. The fourth-order valence-electron chi connectivity index (χ4n) is 1.19. The molecule has 74 valence electrons. The van der Waals surface area contributed by atoms with Crippen LogP contribution in [0.2, 0.25) is 0 Å². The van der Waals surface area contributed by atoms with E-state index in [1.165, 1.54) is 19.3 Å². The maximum atomic E-state index is 8.98. The van der Waals surface area contributed by atoms with Crippen LogP contribution < -0.4 is 5.32 Å². The molecule has 0 heterocycles. The molecule has 0 aromatic rings. The van der Waals surface area contributed by atoms with Gasteiger partial charge < -0.3 is 10.4 Å². The van der Waals surface area contributed by atoms with Crippen molar-refractivity contribution < 1.29 is 5.11 Å². The highest BCUT2D eigenvalue weighted by molar-refractivity contribution is 4.58. The van der Waals surface area contributed by atoms with Crippen molar-refractivity contribution in [3.05, 3.63) is 0 Å². The third-order valence-corrected chi connectivity index (χ3v) is 1.98. The van der Waals surface area contributed by atoms with Crippen molar-refractivity contribution in [1.29, 1.82) is 0 Å². The van der Waals surface area contributed by atoms with Gasteiger partial charge in [0.2, 0.25) is 0 Å². The van der Waals surface area contributed by atoms with E-state index in [-0.39, 0.29) is 6.10 Å². The molecule has 0 radical (unpaired) electrons. The molecule has 0 spiro atoms. The highest BCUT2D eigenvalue weighted by Crippen LogP contribution is 2.05. The van der Waals surface area contributed by atoms with Crippen LogP contribution in [-0.2, 0) is 0 Å². The number of unbranched alkanes of at least 4 members (excludes halogenated alkanes) is 1. The Balaban J connectivity index is 3.13. The topological polar surface area (TPSA) is 32.3 Å². The standard InChI is InChI=1S/C10H23NO/c1-4-5-6-9(2)7-11-8-10(3)12/h9-12H,4-8H2,1-3H3. The van der Waals surface area contributed by atoms with Crippen LogP contribution in [-0.4, -0.2) is 24.3 Å². The first-order valence-electron chi connectivity index (χ1n) is 5.05. The van der Waals surface area contributed by atoms with E-state index < -0.39 is 0 Å². The molecular formula is C10H23NO. The minimum absolute atomic E-state index is 0.219. The lowest BCUT2D eigenvalue weighted by atomic mass is 10.0. The zero-order chi connectivity index (χ0) is 9.40. The summed E-state index contributed by atoms with van der Waals surface area (Å²) < 4.78 is 0. The second-order valence-electron chi connectivity index (χ2n) is 3.75. The van der Waals surface area contributed by atoms with Crippen LogP contribution in [0.4, 0.5) is 0 Å². The maximum absolute atomic E-state index is 8.98. The number of aliphatic hydroxyl groups excluding tert-OH is 1. The lowest BCUT2D eigenvalue weighted by molar-refractivity contribution is 0.189. The maximum Gasteiger partial charge on any atom is 0.0636 e. The van der Waals surface area contributed by atoms with Gasteiger partial charge in [0.15, 0.2) is 0 Å². The molecule has 0 saturated heterocycles. The molecule has 0 aliphatic carbocycles. The molecule has 2 atom stereocenters. The molecule has 0 aromatic heterocycles. The molecule has 2 heteroatoms. The quantitative estimate of drug-likeness (QED) is 0.615. The Bertz CT molecular complexity index is 93.8. The average molecular weight is 173 g/mol. The predicted octanol–water partition coefficient (Wildman–Crippen LogP) is 1.78. The third-order valence-electron chi connectivity index (χ3n) is 1.98. The summed E-state index contributed by atoms with van der Waals surface area (Å²) in [7, 11) is 0.